The topological polar surface area (TPSA) is 78.9 Å². The second-order valence-corrected chi connectivity index (χ2v) is 23.8. The number of ether oxygens (including phenoxy) is 3. The SMILES string of the molecule is CC/C=C\C/C=C\C/C=C\C/C=C\CCCCCCCCCCCCCCCCCCCCCCCCC(=O)OCC(COC(=O)CCCCCCCCCC)OC(=O)CCCCCCCC/C=C\C/C=C\C/C=C\CCCCCCC. The minimum Gasteiger partial charge on any atom is -0.462 e. The molecule has 0 saturated heterocycles. The van der Waals surface area contributed by atoms with Crippen molar-refractivity contribution in [2.45, 2.75) is 367 Å². The van der Waals surface area contributed by atoms with Crippen LogP contribution in [0.1, 0.15) is 361 Å². The Morgan fingerprint density at radius 3 is 0.744 bits per heavy atom. The molecule has 0 spiro atoms. The zero-order valence-corrected chi connectivity index (χ0v) is 54.5. The van der Waals surface area contributed by atoms with Crippen molar-refractivity contribution in [1.82, 2.24) is 0 Å². The van der Waals surface area contributed by atoms with Crippen LogP contribution in [0.5, 0.6) is 0 Å². The molecule has 82 heavy (non-hydrogen) atoms. The number of rotatable bonds is 65. The molecule has 0 N–H and O–H groups in total. The first-order chi connectivity index (χ1) is 40.5. The Balaban J connectivity index is 4.03. The van der Waals surface area contributed by atoms with Crippen molar-refractivity contribution < 1.29 is 28.6 Å². The van der Waals surface area contributed by atoms with Gasteiger partial charge in [0.2, 0.25) is 0 Å². The van der Waals surface area contributed by atoms with E-state index in [1.807, 2.05) is 0 Å². The Labute approximate surface area is 509 Å². The van der Waals surface area contributed by atoms with E-state index in [9.17, 15) is 14.4 Å². The first kappa shape index (κ1) is 78.6. The first-order valence-electron chi connectivity index (χ1n) is 35.6. The molecule has 0 bridgehead atoms. The van der Waals surface area contributed by atoms with E-state index < -0.39 is 6.10 Å². The molecule has 0 rings (SSSR count). The molecule has 0 aromatic carbocycles. The van der Waals surface area contributed by atoms with E-state index in [1.165, 1.54) is 218 Å². The van der Waals surface area contributed by atoms with Gasteiger partial charge in [-0.05, 0) is 96.3 Å². The van der Waals surface area contributed by atoms with Crippen molar-refractivity contribution in [3.05, 3.63) is 85.1 Å². The van der Waals surface area contributed by atoms with E-state index in [-0.39, 0.29) is 31.1 Å². The monoisotopic (exact) mass is 1140 g/mol. The van der Waals surface area contributed by atoms with E-state index in [0.717, 1.165) is 103 Å². The summed E-state index contributed by atoms with van der Waals surface area (Å²) in [7, 11) is 0. The predicted octanol–water partition coefficient (Wildman–Crippen LogP) is 24.6. The van der Waals surface area contributed by atoms with Crippen LogP contribution in [-0.2, 0) is 28.6 Å². The number of allylic oxidation sites excluding steroid dienone is 14. The van der Waals surface area contributed by atoms with E-state index in [0.29, 0.717) is 19.3 Å². The third kappa shape index (κ3) is 67.4. The van der Waals surface area contributed by atoms with Crippen molar-refractivity contribution in [2.24, 2.45) is 0 Å². The molecule has 0 aromatic rings. The van der Waals surface area contributed by atoms with Gasteiger partial charge < -0.3 is 14.2 Å². The summed E-state index contributed by atoms with van der Waals surface area (Å²) in [5.41, 5.74) is 0. The molecular weight excluding hydrogens is 1010 g/mol. The summed E-state index contributed by atoms with van der Waals surface area (Å²) >= 11 is 0. The molecule has 0 fully saturated rings. The van der Waals surface area contributed by atoms with Gasteiger partial charge >= 0.3 is 17.9 Å². The Hall–Kier alpha value is -3.41. The summed E-state index contributed by atoms with van der Waals surface area (Å²) < 4.78 is 16.9. The molecule has 0 aromatic heterocycles. The zero-order chi connectivity index (χ0) is 59.2. The molecule has 0 heterocycles. The number of esters is 3. The van der Waals surface area contributed by atoms with Crippen LogP contribution >= 0.6 is 0 Å². The first-order valence-corrected chi connectivity index (χ1v) is 35.6. The van der Waals surface area contributed by atoms with Crippen molar-refractivity contribution in [3.8, 4) is 0 Å². The lowest BCUT2D eigenvalue weighted by Crippen LogP contribution is -2.30. The van der Waals surface area contributed by atoms with Crippen LogP contribution in [0.2, 0.25) is 0 Å². The maximum atomic E-state index is 12.9. The summed E-state index contributed by atoms with van der Waals surface area (Å²) in [5.74, 6) is -0.875. The molecule has 6 nitrogen and oxygen atoms in total. The lowest BCUT2D eigenvalue weighted by atomic mass is 10.0. The predicted molar refractivity (Wildman–Crippen MR) is 358 cm³/mol. The molecule has 474 valence electrons. The quantitative estimate of drug-likeness (QED) is 0.0261. The summed E-state index contributed by atoms with van der Waals surface area (Å²) in [6.07, 6.45) is 93.6. The third-order valence-corrected chi connectivity index (χ3v) is 15.6. The van der Waals surface area contributed by atoms with Gasteiger partial charge in [-0.3, -0.25) is 14.4 Å². The molecule has 0 amide bonds. The lowest BCUT2D eigenvalue weighted by Gasteiger charge is -2.18. The lowest BCUT2D eigenvalue weighted by molar-refractivity contribution is -0.167. The highest BCUT2D eigenvalue weighted by Crippen LogP contribution is 2.18. The van der Waals surface area contributed by atoms with Gasteiger partial charge in [-0.15, -0.1) is 0 Å². The van der Waals surface area contributed by atoms with E-state index >= 15 is 0 Å². The van der Waals surface area contributed by atoms with Crippen molar-refractivity contribution >= 4 is 17.9 Å². The van der Waals surface area contributed by atoms with Crippen molar-refractivity contribution in [3.63, 3.8) is 0 Å². The normalized spacial score (nSPS) is 12.6. The molecule has 0 aliphatic rings. The summed E-state index contributed by atoms with van der Waals surface area (Å²) in [6.45, 7) is 6.52. The Bertz CT molecular complexity index is 1550. The maximum absolute atomic E-state index is 12.9. The minimum atomic E-state index is -0.779. The maximum Gasteiger partial charge on any atom is 0.306 e. The number of hydrogen-bond acceptors (Lipinski definition) is 6. The fourth-order valence-corrected chi connectivity index (χ4v) is 10.3. The molecule has 1 atom stereocenters. The molecule has 0 saturated carbocycles. The van der Waals surface area contributed by atoms with Crippen molar-refractivity contribution in [1.29, 1.82) is 0 Å². The molecular formula is C76H134O6. The standard InChI is InChI=1S/C76H134O6/c1-4-7-10-13-16-19-21-23-25-27-29-31-32-33-34-35-36-37-38-39-40-41-42-43-44-46-47-49-51-53-55-57-60-63-66-69-75(78)81-72-73(71-80-74(77)68-65-62-59-18-15-12-9-6-3)82-76(79)70-67-64-61-58-56-54-52-50-48-45-30-28-26-24-22-20-17-14-11-8-5-2/h7,10,16,19,22-25,28-31,48,50,73H,4-6,8-9,11-15,17-18,20-21,26-27,32-47,49,51-72H2,1-3H3/b10-7-,19-16-,24-22-,25-23-,30-28-,31-29-,50-48-. The molecule has 0 aliphatic carbocycles. The Morgan fingerprint density at radius 1 is 0.256 bits per heavy atom. The van der Waals surface area contributed by atoms with Crippen LogP contribution in [0, 0.1) is 0 Å². The second kappa shape index (κ2) is 70.1. The highest BCUT2D eigenvalue weighted by Gasteiger charge is 2.19. The smallest absolute Gasteiger partial charge is 0.306 e. The highest BCUT2D eigenvalue weighted by molar-refractivity contribution is 5.71. The van der Waals surface area contributed by atoms with Crippen LogP contribution in [0.25, 0.3) is 0 Å². The second-order valence-electron chi connectivity index (χ2n) is 23.8. The average Bonchev–Trinajstić information content (AvgIpc) is 3.47. The Morgan fingerprint density at radius 2 is 0.476 bits per heavy atom. The van der Waals surface area contributed by atoms with Gasteiger partial charge in [-0.1, -0.05) is 331 Å². The van der Waals surface area contributed by atoms with Gasteiger partial charge in [0.25, 0.3) is 0 Å². The number of carbonyl (C=O) groups is 3. The zero-order valence-electron chi connectivity index (χ0n) is 54.5. The third-order valence-electron chi connectivity index (χ3n) is 15.6. The van der Waals surface area contributed by atoms with Crippen molar-refractivity contribution in [2.75, 3.05) is 13.2 Å². The van der Waals surface area contributed by atoms with Gasteiger partial charge in [0.05, 0.1) is 0 Å². The van der Waals surface area contributed by atoms with Gasteiger partial charge in [0.1, 0.15) is 13.2 Å². The molecule has 6 heteroatoms. The number of unbranched alkanes of at least 4 members (excludes halogenated alkanes) is 40. The van der Waals surface area contributed by atoms with Crippen LogP contribution in [0.4, 0.5) is 0 Å². The minimum absolute atomic E-state index is 0.0765. The van der Waals surface area contributed by atoms with Crippen LogP contribution in [-0.4, -0.2) is 37.2 Å². The number of carbonyl (C=O) groups excluding carboxylic acids is 3. The summed E-state index contributed by atoms with van der Waals surface area (Å²) in [5, 5.41) is 0. The summed E-state index contributed by atoms with van der Waals surface area (Å²) in [4.78, 5) is 38.2. The van der Waals surface area contributed by atoms with Crippen LogP contribution < -0.4 is 0 Å². The van der Waals surface area contributed by atoms with Gasteiger partial charge in [-0.25, -0.2) is 0 Å². The van der Waals surface area contributed by atoms with Gasteiger partial charge in [0, 0.05) is 19.3 Å². The van der Waals surface area contributed by atoms with E-state index in [1.54, 1.807) is 0 Å². The van der Waals surface area contributed by atoms with Gasteiger partial charge in [0.15, 0.2) is 6.10 Å². The fourth-order valence-electron chi connectivity index (χ4n) is 10.3. The van der Waals surface area contributed by atoms with E-state index in [2.05, 4.69) is 106 Å². The average molecular weight is 1140 g/mol. The van der Waals surface area contributed by atoms with Crippen LogP contribution in [0.3, 0.4) is 0 Å². The summed E-state index contributed by atoms with van der Waals surface area (Å²) in [6, 6.07) is 0. The fraction of sp³-hybridized carbons (Fsp3) is 0.776. The molecule has 0 aliphatic heterocycles. The Kier molecular flexibility index (Phi) is 67.2. The molecule has 0 radical (unpaired) electrons. The van der Waals surface area contributed by atoms with Gasteiger partial charge in [-0.2, -0.15) is 0 Å². The largest absolute Gasteiger partial charge is 0.462 e. The highest BCUT2D eigenvalue weighted by atomic mass is 16.6. The van der Waals surface area contributed by atoms with Crippen LogP contribution in [0.15, 0.2) is 85.1 Å². The number of hydrogen-bond donors (Lipinski definition) is 0. The van der Waals surface area contributed by atoms with E-state index in [4.69, 9.17) is 14.2 Å². The molecule has 1 unspecified atom stereocenters.